The summed E-state index contributed by atoms with van der Waals surface area (Å²) in [5.41, 5.74) is 5.66. The highest BCUT2D eigenvalue weighted by Crippen LogP contribution is 2.25. The van der Waals surface area contributed by atoms with Crippen LogP contribution in [-0.4, -0.2) is 78.5 Å². The molecular weight excluding hydrogens is 502 g/mol. The predicted molar refractivity (Wildman–Crippen MR) is 164 cm³/mol. The first-order valence-corrected chi connectivity index (χ1v) is 14.0. The number of nitrogens with one attached hydrogen (secondary N) is 3. The van der Waals surface area contributed by atoms with E-state index in [1.54, 1.807) is 11.0 Å². The number of hydrogen-bond donors (Lipinski definition) is 3. The second-order valence-corrected chi connectivity index (χ2v) is 10.7. The number of carbonyl (C=O) groups excluding carboxylic acids is 2. The maximum Gasteiger partial charge on any atom is 0.246 e. The zero-order valence-corrected chi connectivity index (χ0v) is 24.0. The molecule has 2 unspecified atom stereocenters. The number of aryl methyl sites for hydroxylation is 1. The van der Waals surface area contributed by atoms with E-state index in [1.807, 2.05) is 68.5 Å². The van der Waals surface area contributed by atoms with Crippen molar-refractivity contribution < 1.29 is 9.59 Å². The molecule has 2 aliphatic rings. The van der Waals surface area contributed by atoms with Gasteiger partial charge in [-0.3, -0.25) is 14.6 Å². The molecule has 0 aliphatic carbocycles. The Balaban J connectivity index is 1.41. The topological polar surface area (TPSA) is 105 Å². The lowest BCUT2D eigenvalue weighted by Crippen LogP contribution is -2.43. The molecule has 1 aromatic heterocycles. The lowest BCUT2D eigenvalue weighted by Gasteiger charge is -2.31. The molecule has 9 nitrogen and oxygen atoms in total. The van der Waals surface area contributed by atoms with Gasteiger partial charge >= 0.3 is 0 Å². The van der Waals surface area contributed by atoms with Crippen molar-refractivity contribution in [3.05, 3.63) is 66.0 Å². The van der Waals surface area contributed by atoms with E-state index in [0.29, 0.717) is 37.8 Å². The van der Waals surface area contributed by atoms with Crippen molar-refractivity contribution in [1.82, 2.24) is 14.8 Å². The number of likely N-dealkylation sites (N-methyl/N-ethyl adjacent to an activating group) is 1. The third-order valence-electron chi connectivity index (χ3n) is 7.40. The first-order chi connectivity index (χ1) is 19.3. The number of H-pyrrole nitrogens is 1. The highest BCUT2D eigenvalue weighted by molar-refractivity contribution is 6.14. The molecule has 4 rings (SSSR count). The van der Waals surface area contributed by atoms with E-state index in [2.05, 4.69) is 34.1 Å². The highest BCUT2D eigenvalue weighted by atomic mass is 16.2. The number of aliphatic imine (C=N–C) groups is 2. The highest BCUT2D eigenvalue weighted by Gasteiger charge is 2.28. The zero-order valence-electron chi connectivity index (χ0n) is 24.0. The number of benzene rings is 1. The van der Waals surface area contributed by atoms with E-state index >= 15 is 0 Å². The molecule has 0 bridgehead atoms. The van der Waals surface area contributed by atoms with Crippen LogP contribution in [0.15, 0.2) is 59.2 Å². The van der Waals surface area contributed by atoms with Gasteiger partial charge in [-0.25, -0.2) is 4.99 Å². The van der Waals surface area contributed by atoms with Gasteiger partial charge in [0, 0.05) is 66.0 Å². The number of hydrogen-bond acceptors (Lipinski definition) is 6. The summed E-state index contributed by atoms with van der Waals surface area (Å²) in [6.07, 6.45) is 9.82. The van der Waals surface area contributed by atoms with E-state index in [-0.39, 0.29) is 23.7 Å². The summed E-state index contributed by atoms with van der Waals surface area (Å²) >= 11 is 0. The summed E-state index contributed by atoms with van der Waals surface area (Å²) in [6, 6.07) is 7.56. The van der Waals surface area contributed by atoms with Crippen molar-refractivity contribution >= 4 is 40.9 Å². The Morgan fingerprint density at radius 1 is 1.27 bits per heavy atom. The molecule has 2 amide bonds. The van der Waals surface area contributed by atoms with Gasteiger partial charge in [0.25, 0.3) is 0 Å². The Hall–Kier alpha value is -3.98. The Labute approximate surface area is 237 Å². The van der Waals surface area contributed by atoms with Crippen LogP contribution in [0, 0.1) is 18.8 Å². The average molecular weight is 544 g/mol. The number of carbonyl (C=O) groups is 2. The molecule has 1 saturated heterocycles. The van der Waals surface area contributed by atoms with Gasteiger partial charge in [0.1, 0.15) is 0 Å². The summed E-state index contributed by atoms with van der Waals surface area (Å²) < 4.78 is 0. The van der Waals surface area contributed by atoms with Crippen LogP contribution in [0.5, 0.6) is 0 Å². The summed E-state index contributed by atoms with van der Waals surface area (Å²) in [5.74, 6) is 0.407. The fourth-order valence-corrected chi connectivity index (χ4v) is 5.12. The molecule has 40 heavy (non-hydrogen) atoms. The number of aromatic amines is 1. The number of guanidine groups is 1. The third kappa shape index (κ3) is 7.15. The maximum absolute atomic E-state index is 13.1. The second kappa shape index (κ2) is 13.4. The van der Waals surface area contributed by atoms with E-state index in [4.69, 9.17) is 4.99 Å². The fourth-order valence-electron chi connectivity index (χ4n) is 5.12. The summed E-state index contributed by atoms with van der Waals surface area (Å²) in [5, 5.41) is 6.37. The van der Waals surface area contributed by atoms with Crippen LogP contribution >= 0.6 is 0 Å². The Morgan fingerprint density at radius 3 is 2.83 bits per heavy atom. The molecule has 0 radical (unpaired) electrons. The van der Waals surface area contributed by atoms with Gasteiger partial charge < -0.3 is 25.4 Å². The maximum atomic E-state index is 13.1. The standard InChI is InChI=1S/C31H41N7O2/c1-6-22-18-33-31(36-29(22)27-19-32-21(3)26(27)7-2)35-25-13-8-12-24(17-25)34-30(40)23-11-9-16-38(20-23)28(39)14-10-15-37(4)5/h7-8,10,12-14,17,19,22-23,32H,2,6,9,11,15-16,18,20H2,1,3-5H3,(H,33,35)(H,34,40). The van der Waals surface area contributed by atoms with Crippen LogP contribution in [0.25, 0.3) is 6.08 Å². The van der Waals surface area contributed by atoms with Crippen LogP contribution in [0.3, 0.4) is 0 Å². The van der Waals surface area contributed by atoms with E-state index < -0.39 is 0 Å². The Kier molecular flexibility index (Phi) is 9.71. The molecule has 1 fully saturated rings. The van der Waals surface area contributed by atoms with Crippen LogP contribution < -0.4 is 10.6 Å². The van der Waals surface area contributed by atoms with Gasteiger partial charge in [0.05, 0.1) is 18.2 Å². The molecule has 2 aromatic rings. The molecule has 0 spiro atoms. The van der Waals surface area contributed by atoms with Crippen LogP contribution in [-0.2, 0) is 9.59 Å². The van der Waals surface area contributed by atoms with Gasteiger partial charge in [-0.05, 0) is 58.5 Å². The zero-order chi connectivity index (χ0) is 28.6. The van der Waals surface area contributed by atoms with Crippen molar-refractivity contribution in [1.29, 1.82) is 0 Å². The molecule has 3 heterocycles. The molecule has 2 atom stereocenters. The third-order valence-corrected chi connectivity index (χ3v) is 7.40. The minimum atomic E-state index is -0.249. The number of nitrogens with zero attached hydrogens (tertiary/aromatic N) is 4. The van der Waals surface area contributed by atoms with Crippen molar-refractivity contribution in [3.63, 3.8) is 0 Å². The fraction of sp³-hybridized carbons (Fsp3) is 0.419. The van der Waals surface area contributed by atoms with E-state index in [0.717, 1.165) is 47.5 Å². The van der Waals surface area contributed by atoms with Crippen molar-refractivity contribution in [2.75, 3.05) is 50.9 Å². The van der Waals surface area contributed by atoms with Crippen molar-refractivity contribution in [3.8, 4) is 0 Å². The predicted octanol–water partition coefficient (Wildman–Crippen LogP) is 4.56. The number of piperidine rings is 1. The molecule has 3 N–H and O–H groups in total. The quantitative estimate of drug-likeness (QED) is 0.403. The lowest BCUT2D eigenvalue weighted by atomic mass is 9.92. The summed E-state index contributed by atoms with van der Waals surface area (Å²) in [7, 11) is 3.91. The largest absolute Gasteiger partial charge is 0.364 e. The number of likely N-dealkylation sites (tertiary alicyclic amines) is 1. The van der Waals surface area contributed by atoms with Crippen LogP contribution in [0.2, 0.25) is 0 Å². The van der Waals surface area contributed by atoms with Gasteiger partial charge in [-0.1, -0.05) is 31.7 Å². The average Bonchev–Trinajstić information content (AvgIpc) is 3.33. The van der Waals surface area contributed by atoms with E-state index in [9.17, 15) is 9.59 Å². The molecule has 1 aromatic carbocycles. The number of anilines is 2. The minimum Gasteiger partial charge on any atom is -0.364 e. The van der Waals surface area contributed by atoms with Gasteiger partial charge in [-0.15, -0.1) is 0 Å². The normalized spacial score (nSPS) is 19.4. The van der Waals surface area contributed by atoms with E-state index in [1.165, 1.54) is 0 Å². The molecule has 0 saturated carbocycles. The second-order valence-electron chi connectivity index (χ2n) is 10.7. The molecule has 2 aliphatic heterocycles. The summed E-state index contributed by atoms with van der Waals surface area (Å²) in [6.45, 7) is 10.6. The summed E-state index contributed by atoms with van der Waals surface area (Å²) in [4.78, 5) is 42.3. The number of rotatable bonds is 9. The molecular formula is C31H41N7O2. The molecule has 212 valence electrons. The van der Waals surface area contributed by atoms with Crippen LogP contribution in [0.1, 0.15) is 43.0 Å². The van der Waals surface area contributed by atoms with Gasteiger partial charge in [-0.2, -0.15) is 0 Å². The first-order valence-electron chi connectivity index (χ1n) is 14.0. The Bertz CT molecular complexity index is 1320. The van der Waals surface area contributed by atoms with Gasteiger partial charge in [0.2, 0.25) is 17.8 Å². The van der Waals surface area contributed by atoms with Crippen LogP contribution in [0.4, 0.5) is 11.4 Å². The lowest BCUT2D eigenvalue weighted by molar-refractivity contribution is -0.130. The minimum absolute atomic E-state index is 0.0425. The number of aromatic nitrogens is 1. The van der Waals surface area contributed by atoms with Gasteiger partial charge in [0.15, 0.2) is 0 Å². The number of amides is 2. The van der Waals surface area contributed by atoms with Crippen molar-refractivity contribution in [2.24, 2.45) is 21.8 Å². The Morgan fingerprint density at radius 2 is 2.08 bits per heavy atom. The monoisotopic (exact) mass is 543 g/mol. The smallest absolute Gasteiger partial charge is 0.246 e. The molecule has 9 heteroatoms. The SMILES string of the molecule is C=Cc1c(C2=NC(Nc3cccc(NC(=O)C4CCCN(C(=O)C=CCN(C)C)C4)c3)=NCC2CC)c[nH]c1C. The van der Waals surface area contributed by atoms with Crippen molar-refractivity contribution in [2.45, 2.75) is 33.1 Å². The first kappa shape index (κ1) is 29.0.